The van der Waals surface area contributed by atoms with Crippen LogP contribution in [0.5, 0.6) is 5.75 Å². The first kappa shape index (κ1) is 21.4. The normalized spacial score (nSPS) is 12.5. The molecule has 31 heavy (non-hydrogen) atoms. The second-order valence-electron chi connectivity index (χ2n) is 9.95. The molecule has 0 aliphatic heterocycles. The van der Waals surface area contributed by atoms with E-state index < -0.39 is 0 Å². The maximum absolute atomic E-state index is 11.1. The van der Waals surface area contributed by atoms with Gasteiger partial charge in [-0.2, -0.15) is 0 Å². The molecule has 0 fully saturated rings. The Morgan fingerprint density at radius 1 is 0.742 bits per heavy atom. The van der Waals surface area contributed by atoms with Gasteiger partial charge in [-0.15, -0.1) is 15.0 Å². The van der Waals surface area contributed by atoms with Crippen molar-refractivity contribution in [1.82, 2.24) is 15.0 Å². The van der Waals surface area contributed by atoms with E-state index >= 15 is 0 Å². The zero-order valence-electron chi connectivity index (χ0n) is 19.0. The Morgan fingerprint density at radius 2 is 1.42 bits per heavy atom. The molecule has 1 aromatic heterocycles. The molecule has 0 aliphatic rings. The van der Waals surface area contributed by atoms with E-state index in [1.807, 2.05) is 36.4 Å². The lowest BCUT2D eigenvalue weighted by Crippen LogP contribution is -2.18. The number of phenols is 1. The SMILES string of the molecule is CC(C)(C)c1cc(-n2nc3ccc(Sc4ccccc4)cc3n2)c(O)c(C(C)(C)C)c1. The van der Waals surface area contributed by atoms with Gasteiger partial charge in [-0.25, -0.2) is 0 Å². The topological polar surface area (TPSA) is 50.9 Å². The highest BCUT2D eigenvalue weighted by molar-refractivity contribution is 7.99. The van der Waals surface area contributed by atoms with Crippen molar-refractivity contribution < 1.29 is 5.11 Å². The van der Waals surface area contributed by atoms with Crippen molar-refractivity contribution in [2.45, 2.75) is 62.2 Å². The molecule has 0 atom stereocenters. The predicted molar refractivity (Wildman–Crippen MR) is 128 cm³/mol. The molecule has 0 aliphatic carbocycles. The van der Waals surface area contributed by atoms with Gasteiger partial charge in [-0.3, -0.25) is 0 Å². The Kier molecular flexibility index (Phi) is 5.34. The van der Waals surface area contributed by atoms with Crippen LogP contribution in [0.1, 0.15) is 52.7 Å². The standard InChI is InChI=1S/C26H29N3OS/c1-25(2,3)17-14-20(26(4,5)6)24(30)23(15-17)29-27-21-13-12-19(16-22(21)28-29)31-18-10-8-7-9-11-18/h7-16,30H,1-6H3. The molecule has 0 unspecified atom stereocenters. The van der Waals surface area contributed by atoms with Gasteiger partial charge >= 0.3 is 0 Å². The fraction of sp³-hybridized carbons (Fsp3) is 0.308. The molecule has 0 amide bonds. The summed E-state index contributed by atoms with van der Waals surface area (Å²) in [6.45, 7) is 12.9. The number of aromatic hydroxyl groups is 1. The van der Waals surface area contributed by atoms with Crippen LogP contribution in [0.2, 0.25) is 0 Å². The van der Waals surface area contributed by atoms with Crippen molar-refractivity contribution in [2.24, 2.45) is 0 Å². The van der Waals surface area contributed by atoms with Crippen LogP contribution in [-0.4, -0.2) is 20.1 Å². The summed E-state index contributed by atoms with van der Waals surface area (Å²) in [5, 5.41) is 20.5. The van der Waals surface area contributed by atoms with Gasteiger partial charge in [0.15, 0.2) is 0 Å². The number of aromatic nitrogens is 3. The number of nitrogens with zero attached hydrogens (tertiary/aromatic N) is 3. The van der Waals surface area contributed by atoms with Gasteiger partial charge in [0, 0.05) is 15.4 Å². The third-order valence-electron chi connectivity index (χ3n) is 5.31. The highest BCUT2D eigenvalue weighted by Crippen LogP contribution is 2.39. The van der Waals surface area contributed by atoms with Crippen LogP contribution >= 0.6 is 11.8 Å². The quantitative estimate of drug-likeness (QED) is 0.384. The lowest BCUT2D eigenvalue weighted by Gasteiger charge is -2.27. The number of hydrogen-bond donors (Lipinski definition) is 1. The molecule has 160 valence electrons. The van der Waals surface area contributed by atoms with Crippen molar-refractivity contribution >= 4 is 22.8 Å². The van der Waals surface area contributed by atoms with E-state index in [0.717, 1.165) is 27.1 Å². The summed E-state index contributed by atoms with van der Waals surface area (Å²) in [7, 11) is 0. The van der Waals surface area contributed by atoms with Crippen LogP contribution in [0.3, 0.4) is 0 Å². The average molecular weight is 432 g/mol. The Labute approximate surface area is 188 Å². The molecule has 0 spiro atoms. The highest BCUT2D eigenvalue weighted by Gasteiger charge is 2.26. The fourth-order valence-electron chi connectivity index (χ4n) is 3.47. The van der Waals surface area contributed by atoms with Crippen molar-refractivity contribution in [1.29, 1.82) is 0 Å². The van der Waals surface area contributed by atoms with E-state index in [-0.39, 0.29) is 16.6 Å². The van der Waals surface area contributed by atoms with Gasteiger partial charge in [0.05, 0.1) is 0 Å². The average Bonchev–Trinajstić information content (AvgIpc) is 3.10. The van der Waals surface area contributed by atoms with Crippen LogP contribution in [0, 0.1) is 0 Å². The first-order valence-corrected chi connectivity index (χ1v) is 11.3. The minimum Gasteiger partial charge on any atom is -0.505 e. The van der Waals surface area contributed by atoms with Crippen LogP contribution in [0.4, 0.5) is 0 Å². The first-order valence-electron chi connectivity index (χ1n) is 10.5. The lowest BCUT2D eigenvalue weighted by atomic mass is 9.80. The zero-order valence-corrected chi connectivity index (χ0v) is 19.8. The van der Waals surface area contributed by atoms with Crippen LogP contribution in [0.25, 0.3) is 16.7 Å². The van der Waals surface area contributed by atoms with Gasteiger partial charge < -0.3 is 5.11 Å². The molecule has 0 radical (unpaired) electrons. The van der Waals surface area contributed by atoms with E-state index in [2.05, 4.69) is 70.9 Å². The molecule has 4 nitrogen and oxygen atoms in total. The van der Waals surface area contributed by atoms with Crippen molar-refractivity contribution in [3.63, 3.8) is 0 Å². The minimum atomic E-state index is -0.202. The van der Waals surface area contributed by atoms with Crippen LogP contribution < -0.4 is 0 Å². The van der Waals surface area contributed by atoms with Gasteiger partial charge in [-0.05, 0) is 52.8 Å². The Hall–Kier alpha value is -2.79. The smallest absolute Gasteiger partial charge is 0.146 e. The molecule has 3 aromatic carbocycles. The second-order valence-corrected chi connectivity index (χ2v) is 11.1. The Bertz CT molecular complexity index is 1230. The largest absolute Gasteiger partial charge is 0.505 e. The van der Waals surface area contributed by atoms with Gasteiger partial charge in [-0.1, -0.05) is 77.6 Å². The monoisotopic (exact) mass is 431 g/mol. The molecule has 4 rings (SSSR count). The van der Waals surface area contributed by atoms with Crippen molar-refractivity contribution in [3.8, 4) is 11.4 Å². The van der Waals surface area contributed by atoms with E-state index in [4.69, 9.17) is 5.10 Å². The summed E-state index contributed by atoms with van der Waals surface area (Å²) in [6.07, 6.45) is 0. The molecule has 5 heteroatoms. The number of rotatable bonds is 3. The third-order valence-corrected chi connectivity index (χ3v) is 6.31. The van der Waals surface area contributed by atoms with Crippen molar-refractivity contribution in [3.05, 3.63) is 71.8 Å². The maximum atomic E-state index is 11.1. The summed E-state index contributed by atoms with van der Waals surface area (Å²) in [4.78, 5) is 3.86. The van der Waals surface area contributed by atoms with Crippen molar-refractivity contribution in [2.75, 3.05) is 0 Å². The Balaban J connectivity index is 1.81. The molecule has 1 N–H and O–H groups in total. The van der Waals surface area contributed by atoms with E-state index in [1.165, 1.54) is 4.90 Å². The fourth-order valence-corrected chi connectivity index (χ4v) is 4.34. The number of hydrogen-bond acceptors (Lipinski definition) is 4. The predicted octanol–water partition coefficient (Wildman–Crippen LogP) is 6.87. The second kappa shape index (κ2) is 7.72. The highest BCUT2D eigenvalue weighted by atomic mass is 32.2. The summed E-state index contributed by atoms with van der Waals surface area (Å²) in [5.74, 6) is 0.236. The van der Waals surface area contributed by atoms with Gasteiger partial charge in [0.2, 0.25) is 0 Å². The van der Waals surface area contributed by atoms with Gasteiger partial charge in [0.25, 0.3) is 0 Å². The molecule has 0 saturated carbocycles. The summed E-state index contributed by atoms with van der Waals surface area (Å²) < 4.78 is 0. The van der Waals surface area contributed by atoms with Crippen LogP contribution in [-0.2, 0) is 10.8 Å². The van der Waals surface area contributed by atoms with Crippen LogP contribution in [0.15, 0.2) is 70.5 Å². The molecular weight excluding hydrogens is 402 g/mol. The maximum Gasteiger partial charge on any atom is 0.146 e. The van der Waals surface area contributed by atoms with E-state index in [0.29, 0.717) is 5.69 Å². The molecule has 4 aromatic rings. The first-order chi connectivity index (χ1) is 14.5. The third kappa shape index (κ3) is 4.47. The van der Waals surface area contributed by atoms with E-state index in [9.17, 15) is 5.11 Å². The molecular formula is C26H29N3OS. The summed E-state index contributed by atoms with van der Waals surface area (Å²) in [5.41, 5.74) is 4.00. The van der Waals surface area contributed by atoms with Gasteiger partial charge in [0.1, 0.15) is 22.5 Å². The lowest BCUT2D eigenvalue weighted by molar-refractivity contribution is 0.438. The number of fused-ring (bicyclic) bond motifs is 1. The summed E-state index contributed by atoms with van der Waals surface area (Å²) >= 11 is 1.70. The minimum absolute atomic E-state index is 0.0610. The Morgan fingerprint density at radius 3 is 2.06 bits per heavy atom. The number of benzene rings is 3. The van der Waals surface area contributed by atoms with E-state index in [1.54, 1.807) is 16.6 Å². The molecule has 0 saturated heterocycles. The molecule has 0 bridgehead atoms. The zero-order chi connectivity index (χ0) is 22.4. The number of phenolic OH excluding ortho intramolecular Hbond substituents is 1. The molecule has 1 heterocycles. The summed E-state index contributed by atoms with van der Waals surface area (Å²) in [6, 6.07) is 20.5.